The summed E-state index contributed by atoms with van der Waals surface area (Å²) in [6, 6.07) is 12.4. The topological polar surface area (TPSA) is 84.0 Å². The SMILES string of the molecule is O=C(c1nccc2[nH]ncc12)N1CCC(F)(F)[C@@H](Oc2ccc3ccccc3n2)C1. The van der Waals surface area contributed by atoms with Crippen LogP contribution in [0.5, 0.6) is 5.88 Å². The third-order valence-corrected chi connectivity index (χ3v) is 5.27. The number of nitrogens with one attached hydrogen (secondary N) is 1. The molecule has 3 aromatic heterocycles. The molecule has 0 radical (unpaired) electrons. The highest BCUT2D eigenvalue weighted by molar-refractivity contribution is 6.04. The van der Waals surface area contributed by atoms with E-state index in [1.54, 1.807) is 24.3 Å². The molecule has 4 aromatic rings. The number of amides is 1. The predicted molar refractivity (Wildman–Crippen MR) is 106 cm³/mol. The van der Waals surface area contributed by atoms with Crippen molar-refractivity contribution in [1.29, 1.82) is 0 Å². The molecule has 7 nitrogen and oxygen atoms in total. The van der Waals surface area contributed by atoms with Crippen LogP contribution in [0.2, 0.25) is 0 Å². The van der Waals surface area contributed by atoms with Gasteiger partial charge in [0.2, 0.25) is 5.88 Å². The first-order chi connectivity index (χ1) is 14.5. The van der Waals surface area contributed by atoms with Crippen LogP contribution in [0.15, 0.2) is 54.9 Å². The molecule has 1 saturated heterocycles. The molecule has 1 amide bonds. The maximum Gasteiger partial charge on any atom is 0.287 e. The quantitative estimate of drug-likeness (QED) is 0.560. The second-order valence-electron chi connectivity index (χ2n) is 7.20. The van der Waals surface area contributed by atoms with Gasteiger partial charge in [0.25, 0.3) is 11.8 Å². The van der Waals surface area contributed by atoms with Gasteiger partial charge in [-0.15, -0.1) is 0 Å². The minimum absolute atomic E-state index is 0.0905. The molecule has 152 valence electrons. The Morgan fingerprint density at radius 1 is 1.20 bits per heavy atom. The summed E-state index contributed by atoms with van der Waals surface area (Å²) in [4.78, 5) is 22.8. The Kier molecular flexibility index (Phi) is 4.30. The number of alkyl halides is 2. The van der Waals surface area contributed by atoms with Crippen molar-refractivity contribution in [2.24, 2.45) is 0 Å². The first-order valence-corrected chi connectivity index (χ1v) is 9.49. The van der Waals surface area contributed by atoms with Crippen LogP contribution in [0, 0.1) is 0 Å². The molecular formula is C21H17F2N5O2. The van der Waals surface area contributed by atoms with Crippen molar-refractivity contribution in [2.45, 2.75) is 18.4 Å². The Bertz CT molecular complexity index is 1240. The average molecular weight is 409 g/mol. The number of ether oxygens (including phenoxy) is 1. The number of para-hydroxylation sites is 1. The summed E-state index contributed by atoms with van der Waals surface area (Å²) >= 11 is 0. The van der Waals surface area contributed by atoms with Crippen LogP contribution in [0.1, 0.15) is 16.9 Å². The third-order valence-electron chi connectivity index (χ3n) is 5.27. The van der Waals surface area contributed by atoms with Gasteiger partial charge in [0, 0.05) is 30.6 Å². The number of hydrogen-bond acceptors (Lipinski definition) is 5. The van der Waals surface area contributed by atoms with Crippen molar-refractivity contribution in [2.75, 3.05) is 13.1 Å². The van der Waals surface area contributed by atoms with Crippen molar-refractivity contribution in [3.63, 3.8) is 0 Å². The van der Waals surface area contributed by atoms with Gasteiger partial charge in [0.15, 0.2) is 6.10 Å². The van der Waals surface area contributed by atoms with Gasteiger partial charge in [-0.05, 0) is 18.2 Å². The number of pyridine rings is 2. The maximum absolute atomic E-state index is 14.6. The summed E-state index contributed by atoms with van der Waals surface area (Å²) in [5.41, 5.74) is 1.48. The van der Waals surface area contributed by atoms with Gasteiger partial charge in [-0.25, -0.2) is 13.8 Å². The molecule has 1 aromatic carbocycles. The Hall–Kier alpha value is -3.62. The van der Waals surface area contributed by atoms with Gasteiger partial charge < -0.3 is 9.64 Å². The smallest absolute Gasteiger partial charge is 0.287 e. The summed E-state index contributed by atoms with van der Waals surface area (Å²) in [6.45, 7) is -0.358. The van der Waals surface area contributed by atoms with Gasteiger partial charge in [0.1, 0.15) is 5.69 Å². The average Bonchev–Trinajstić information content (AvgIpc) is 3.23. The molecule has 9 heteroatoms. The molecule has 4 heterocycles. The van der Waals surface area contributed by atoms with Gasteiger partial charge in [-0.2, -0.15) is 5.10 Å². The largest absolute Gasteiger partial charge is 0.466 e. The van der Waals surface area contributed by atoms with Crippen LogP contribution in [-0.2, 0) is 0 Å². The summed E-state index contributed by atoms with van der Waals surface area (Å²) in [6.07, 6.45) is 0.978. The van der Waals surface area contributed by atoms with Crippen LogP contribution in [0.25, 0.3) is 21.8 Å². The molecule has 0 bridgehead atoms. The number of rotatable bonds is 3. The van der Waals surface area contributed by atoms with Crippen LogP contribution < -0.4 is 4.74 Å². The van der Waals surface area contributed by atoms with Crippen molar-refractivity contribution in [3.8, 4) is 5.88 Å². The molecule has 1 aliphatic rings. The third kappa shape index (κ3) is 3.22. The van der Waals surface area contributed by atoms with Crippen molar-refractivity contribution in [1.82, 2.24) is 25.1 Å². The van der Waals surface area contributed by atoms with Crippen LogP contribution in [-0.4, -0.2) is 56.1 Å². The molecule has 0 unspecified atom stereocenters. The second-order valence-corrected chi connectivity index (χ2v) is 7.20. The number of nitrogens with zero attached hydrogens (tertiary/aromatic N) is 4. The zero-order valence-corrected chi connectivity index (χ0v) is 15.8. The van der Waals surface area contributed by atoms with E-state index in [0.29, 0.717) is 16.4 Å². The standard InChI is InChI=1S/C21H17F2N5O2/c22-21(23)8-10-28(20(29)19-14-11-25-27-16(14)7-9-24-19)12-17(21)30-18-6-5-13-3-1-2-4-15(13)26-18/h1-7,9,11,17H,8,10,12H2,(H,25,27)/t17-/m0/s1. The fourth-order valence-corrected chi connectivity index (χ4v) is 3.62. The van der Waals surface area contributed by atoms with Crippen LogP contribution >= 0.6 is 0 Å². The van der Waals surface area contributed by atoms with E-state index in [2.05, 4.69) is 20.2 Å². The lowest BCUT2D eigenvalue weighted by Crippen LogP contribution is -2.55. The van der Waals surface area contributed by atoms with Crippen molar-refractivity contribution in [3.05, 3.63) is 60.6 Å². The van der Waals surface area contributed by atoms with E-state index < -0.39 is 24.4 Å². The number of piperidine rings is 1. The number of benzene rings is 1. The molecule has 0 saturated carbocycles. The van der Waals surface area contributed by atoms with Crippen LogP contribution in [0.4, 0.5) is 8.78 Å². The number of carbonyl (C=O) groups excluding carboxylic acids is 1. The Morgan fingerprint density at radius 3 is 2.97 bits per heavy atom. The fraction of sp³-hybridized carbons (Fsp3) is 0.238. The highest BCUT2D eigenvalue weighted by Crippen LogP contribution is 2.32. The summed E-state index contributed by atoms with van der Waals surface area (Å²) in [5.74, 6) is -3.42. The summed E-state index contributed by atoms with van der Waals surface area (Å²) in [7, 11) is 0. The lowest BCUT2D eigenvalue weighted by molar-refractivity contribution is -0.131. The zero-order valence-electron chi connectivity index (χ0n) is 15.8. The van der Waals surface area contributed by atoms with Gasteiger partial charge in [-0.1, -0.05) is 18.2 Å². The fourth-order valence-electron chi connectivity index (χ4n) is 3.62. The van der Waals surface area contributed by atoms with Crippen molar-refractivity contribution < 1.29 is 18.3 Å². The number of aromatic amines is 1. The van der Waals surface area contributed by atoms with Crippen molar-refractivity contribution >= 4 is 27.7 Å². The lowest BCUT2D eigenvalue weighted by Gasteiger charge is -2.37. The minimum Gasteiger partial charge on any atom is -0.466 e. The van der Waals surface area contributed by atoms with E-state index in [1.165, 1.54) is 17.3 Å². The number of fused-ring (bicyclic) bond motifs is 2. The van der Waals surface area contributed by atoms with E-state index >= 15 is 0 Å². The number of aromatic nitrogens is 4. The van der Waals surface area contributed by atoms with E-state index in [4.69, 9.17) is 4.74 Å². The van der Waals surface area contributed by atoms with E-state index in [0.717, 1.165) is 5.39 Å². The van der Waals surface area contributed by atoms with E-state index in [-0.39, 0.29) is 24.7 Å². The number of H-pyrrole nitrogens is 1. The monoisotopic (exact) mass is 409 g/mol. The molecule has 1 fully saturated rings. The van der Waals surface area contributed by atoms with Gasteiger partial charge >= 0.3 is 0 Å². The molecule has 1 atom stereocenters. The number of carbonyl (C=O) groups is 1. The summed E-state index contributed by atoms with van der Waals surface area (Å²) in [5, 5.41) is 8.13. The second kappa shape index (κ2) is 7.01. The Labute approximate surface area is 169 Å². The van der Waals surface area contributed by atoms with E-state index in [9.17, 15) is 13.6 Å². The number of hydrogen-bond donors (Lipinski definition) is 1. The highest BCUT2D eigenvalue weighted by atomic mass is 19.3. The van der Waals surface area contributed by atoms with E-state index in [1.807, 2.05) is 18.2 Å². The molecule has 0 spiro atoms. The highest BCUT2D eigenvalue weighted by Gasteiger charge is 2.47. The first kappa shape index (κ1) is 18.4. The lowest BCUT2D eigenvalue weighted by atomic mass is 10.0. The number of halogens is 2. The maximum atomic E-state index is 14.6. The number of likely N-dealkylation sites (tertiary alicyclic amines) is 1. The summed E-state index contributed by atoms with van der Waals surface area (Å²) < 4.78 is 34.8. The first-order valence-electron chi connectivity index (χ1n) is 9.49. The molecule has 30 heavy (non-hydrogen) atoms. The van der Waals surface area contributed by atoms with Crippen LogP contribution in [0.3, 0.4) is 0 Å². The molecule has 1 aliphatic heterocycles. The molecule has 0 aliphatic carbocycles. The molecule has 5 rings (SSSR count). The Morgan fingerprint density at radius 2 is 2.07 bits per heavy atom. The molecular weight excluding hydrogens is 392 g/mol. The normalized spacial score (nSPS) is 18.6. The van der Waals surface area contributed by atoms with Gasteiger partial charge in [0.05, 0.1) is 29.2 Å². The Balaban J connectivity index is 1.40. The molecule has 1 N–H and O–H groups in total. The minimum atomic E-state index is -3.08. The zero-order chi connectivity index (χ0) is 20.7. The van der Waals surface area contributed by atoms with Gasteiger partial charge in [-0.3, -0.25) is 14.9 Å². The predicted octanol–water partition coefficient (Wildman–Crippen LogP) is 3.43.